The predicted molar refractivity (Wildman–Crippen MR) is 129 cm³/mol. The van der Waals surface area contributed by atoms with Crippen molar-refractivity contribution in [1.29, 1.82) is 0 Å². The second kappa shape index (κ2) is 8.86. The topological polar surface area (TPSA) is 113 Å². The lowest BCUT2D eigenvalue weighted by molar-refractivity contribution is 0.319. The summed E-state index contributed by atoms with van der Waals surface area (Å²) in [6.07, 6.45) is 3.37. The van der Waals surface area contributed by atoms with Crippen molar-refractivity contribution >= 4 is 44.0 Å². The molecular weight excluding hydrogens is 478 g/mol. The molecule has 9 nitrogen and oxygen atoms in total. The van der Waals surface area contributed by atoms with Crippen molar-refractivity contribution in [2.75, 3.05) is 24.7 Å². The van der Waals surface area contributed by atoms with E-state index < -0.39 is 21.7 Å². The molecule has 0 radical (unpaired) electrons. The zero-order valence-corrected chi connectivity index (χ0v) is 19.5. The van der Waals surface area contributed by atoms with Crippen LogP contribution in [-0.4, -0.2) is 64.4 Å². The molecule has 0 aliphatic carbocycles. The summed E-state index contributed by atoms with van der Waals surface area (Å²) >= 11 is 0. The summed E-state index contributed by atoms with van der Waals surface area (Å²) in [5.41, 5.74) is 0.711. The van der Waals surface area contributed by atoms with E-state index in [1.165, 1.54) is 33.4 Å². The van der Waals surface area contributed by atoms with Gasteiger partial charge in [-0.25, -0.2) is 31.2 Å². The minimum atomic E-state index is -3.27. The average Bonchev–Trinajstić information content (AvgIpc) is 3.16. The molecule has 0 spiro atoms. The minimum absolute atomic E-state index is 0.104. The molecule has 0 atom stereocenters. The monoisotopic (exact) mass is 500 g/mol. The molecule has 2 N–H and O–H groups in total. The maximum atomic E-state index is 14.8. The highest BCUT2D eigenvalue weighted by atomic mass is 32.2. The van der Waals surface area contributed by atoms with E-state index in [9.17, 15) is 22.4 Å². The molecule has 2 aromatic carbocycles. The lowest BCUT2D eigenvalue weighted by Gasteiger charge is -2.30. The van der Waals surface area contributed by atoms with Crippen molar-refractivity contribution in [2.24, 2.45) is 5.16 Å². The highest BCUT2D eigenvalue weighted by molar-refractivity contribution is 7.88. The molecular formula is C23H22F2N6O3S. The Bertz CT molecular complexity index is 1540. The van der Waals surface area contributed by atoms with Gasteiger partial charge in [0, 0.05) is 29.9 Å². The Morgan fingerprint density at radius 2 is 1.74 bits per heavy atom. The van der Waals surface area contributed by atoms with Gasteiger partial charge in [0.05, 0.1) is 17.5 Å². The van der Waals surface area contributed by atoms with Gasteiger partial charge >= 0.3 is 0 Å². The lowest BCUT2D eigenvalue weighted by atomic mass is 10.0. The van der Waals surface area contributed by atoms with Crippen molar-refractivity contribution in [1.82, 2.24) is 19.1 Å². The number of sulfonamides is 1. The van der Waals surface area contributed by atoms with Crippen LogP contribution in [-0.2, 0) is 10.0 Å². The first-order valence-electron chi connectivity index (χ1n) is 10.9. The number of oxime groups is 1. The second-order valence-corrected chi connectivity index (χ2v) is 10.4. The molecule has 3 heterocycles. The molecule has 1 aliphatic rings. The zero-order chi connectivity index (χ0) is 24.7. The molecule has 1 aliphatic heterocycles. The van der Waals surface area contributed by atoms with Crippen molar-refractivity contribution in [3.8, 4) is 11.3 Å². The number of nitrogens with one attached hydrogen (secondary N) is 1. The predicted octanol–water partition coefficient (Wildman–Crippen LogP) is 3.63. The summed E-state index contributed by atoms with van der Waals surface area (Å²) in [4.78, 5) is 4.64. The Kier molecular flexibility index (Phi) is 5.85. The minimum Gasteiger partial charge on any atom is -0.410 e. The number of hydrogen-bond donors (Lipinski definition) is 2. The summed E-state index contributed by atoms with van der Waals surface area (Å²) in [7, 11) is -3.27. The van der Waals surface area contributed by atoms with Crippen LogP contribution in [0.4, 0.5) is 14.6 Å². The highest BCUT2D eigenvalue weighted by Gasteiger charge is 2.27. The summed E-state index contributed by atoms with van der Waals surface area (Å²) in [5.74, 6) is -1.15. The van der Waals surface area contributed by atoms with E-state index in [2.05, 4.69) is 20.6 Å². The molecule has 0 unspecified atom stereocenters. The Morgan fingerprint density at radius 1 is 1.09 bits per heavy atom. The van der Waals surface area contributed by atoms with Crippen LogP contribution >= 0.6 is 0 Å². The van der Waals surface area contributed by atoms with Gasteiger partial charge < -0.3 is 10.5 Å². The third kappa shape index (κ3) is 4.19. The first-order chi connectivity index (χ1) is 16.8. The Hall–Kier alpha value is -3.64. The van der Waals surface area contributed by atoms with Gasteiger partial charge in [-0.2, -0.15) is 0 Å². The van der Waals surface area contributed by atoms with E-state index in [0.717, 1.165) is 6.34 Å². The summed E-state index contributed by atoms with van der Waals surface area (Å²) in [5, 5.41) is 21.2. The molecule has 4 aromatic rings. The molecule has 0 saturated carbocycles. The maximum absolute atomic E-state index is 14.8. The largest absolute Gasteiger partial charge is 0.410 e. The number of fused-ring (bicyclic) bond motifs is 3. The van der Waals surface area contributed by atoms with Crippen LogP contribution in [0.2, 0.25) is 0 Å². The SMILES string of the molecule is CS(=O)(=O)N1CCC(Nc2nn(/C=N/O)c3c2nc(-c2c(F)cccc2F)c2ccccc23)CC1. The quantitative estimate of drug-likeness (QED) is 0.187. The third-order valence-electron chi connectivity index (χ3n) is 6.17. The Balaban J connectivity index is 1.67. The second-order valence-electron chi connectivity index (χ2n) is 8.40. The van der Waals surface area contributed by atoms with Gasteiger partial charge in [0.25, 0.3) is 0 Å². The van der Waals surface area contributed by atoms with E-state index in [1.54, 1.807) is 24.3 Å². The first-order valence-corrected chi connectivity index (χ1v) is 12.8. The number of rotatable bonds is 5. The van der Waals surface area contributed by atoms with E-state index in [0.29, 0.717) is 53.6 Å². The van der Waals surface area contributed by atoms with Gasteiger partial charge in [-0.15, -0.1) is 5.10 Å². The van der Waals surface area contributed by atoms with Gasteiger partial charge in [0.15, 0.2) is 12.2 Å². The molecule has 2 aromatic heterocycles. The van der Waals surface area contributed by atoms with Crippen molar-refractivity contribution in [3.63, 3.8) is 0 Å². The number of hydrogen-bond acceptors (Lipinski definition) is 7. The Labute approximate surface area is 199 Å². The van der Waals surface area contributed by atoms with E-state index in [4.69, 9.17) is 0 Å². The first kappa shape index (κ1) is 23.1. The normalized spacial score (nSPS) is 16.0. The molecule has 1 fully saturated rings. The number of nitrogens with zero attached hydrogens (tertiary/aromatic N) is 5. The van der Waals surface area contributed by atoms with Crippen LogP contribution in [0, 0.1) is 11.6 Å². The van der Waals surface area contributed by atoms with Crippen molar-refractivity contribution in [3.05, 3.63) is 54.1 Å². The van der Waals surface area contributed by atoms with Crippen LogP contribution in [0.15, 0.2) is 47.6 Å². The molecule has 35 heavy (non-hydrogen) atoms. The third-order valence-corrected chi connectivity index (χ3v) is 7.47. The number of piperidine rings is 1. The van der Waals surface area contributed by atoms with Gasteiger partial charge in [-0.1, -0.05) is 35.5 Å². The molecule has 5 rings (SSSR count). The summed E-state index contributed by atoms with van der Waals surface area (Å²) in [6.45, 7) is 0.713. The zero-order valence-electron chi connectivity index (χ0n) is 18.7. The van der Waals surface area contributed by atoms with Gasteiger partial charge in [-0.05, 0) is 25.0 Å². The van der Waals surface area contributed by atoms with Crippen LogP contribution in [0.5, 0.6) is 0 Å². The fraction of sp³-hybridized carbons (Fsp3) is 0.261. The molecule has 182 valence electrons. The van der Waals surface area contributed by atoms with Crippen LogP contribution in [0.1, 0.15) is 12.8 Å². The molecule has 0 amide bonds. The average molecular weight is 501 g/mol. The van der Waals surface area contributed by atoms with Gasteiger partial charge in [0.2, 0.25) is 10.0 Å². The summed E-state index contributed by atoms with van der Waals surface area (Å²) < 4.78 is 56.0. The highest BCUT2D eigenvalue weighted by Crippen LogP contribution is 2.37. The van der Waals surface area contributed by atoms with Crippen LogP contribution < -0.4 is 5.32 Å². The van der Waals surface area contributed by atoms with Gasteiger partial charge in [-0.3, -0.25) is 0 Å². The van der Waals surface area contributed by atoms with Crippen LogP contribution in [0.3, 0.4) is 0 Å². The number of benzene rings is 2. The smallest absolute Gasteiger partial charge is 0.211 e. The van der Waals surface area contributed by atoms with Crippen LogP contribution in [0.25, 0.3) is 33.1 Å². The standard InChI is InChI=1S/C23H22F2N6O3S/c1-35(33,34)30-11-9-14(10-12-30)27-23-21-22(31(29-23)13-26-32)16-6-3-2-5-15(16)20(28-21)19-17(24)7-4-8-18(19)25/h2-8,13-14,32H,9-12H2,1H3,(H,27,29)/b26-13+. The van der Waals surface area contributed by atoms with E-state index in [1.807, 2.05) is 0 Å². The lowest BCUT2D eigenvalue weighted by Crippen LogP contribution is -2.41. The molecule has 12 heteroatoms. The Morgan fingerprint density at radius 3 is 2.37 bits per heavy atom. The van der Waals surface area contributed by atoms with Gasteiger partial charge in [0.1, 0.15) is 22.7 Å². The number of pyridine rings is 1. The maximum Gasteiger partial charge on any atom is 0.211 e. The fourth-order valence-corrected chi connectivity index (χ4v) is 5.39. The van der Waals surface area contributed by atoms with E-state index >= 15 is 0 Å². The number of aromatic nitrogens is 3. The van der Waals surface area contributed by atoms with E-state index in [-0.39, 0.29) is 17.3 Å². The molecule has 0 bridgehead atoms. The summed E-state index contributed by atoms with van der Waals surface area (Å²) in [6, 6.07) is 10.6. The number of anilines is 1. The fourth-order valence-electron chi connectivity index (χ4n) is 4.52. The number of halogens is 2. The van der Waals surface area contributed by atoms with Crippen molar-refractivity contribution in [2.45, 2.75) is 18.9 Å². The van der Waals surface area contributed by atoms with Crippen molar-refractivity contribution < 1.29 is 22.4 Å². The molecule has 1 saturated heterocycles.